The molecule has 1 heterocycles. The van der Waals surface area contributed by atoms with Gasteiger partial charge in [0.25, 0.3) is 0 Å². The lowest BCUT2D eigenvalue weighted by Crippen LogP contribution is -2.30. The van der Waals surface area contributed by atoms with Crippen LogP contribution in [-0.4, -0.2) is 29.5 Å². The zero-order valence-corrected chi connectivity index (χ0v) is 10.0. The summed E-state index contributed by atoms with van der Waals surface area (Å²) in [6.07, 6.45) is 0. The number of carbonyl (C=O) groups excluding carboxylic acids is 1. The van der Waals surface area contributed by atoms with E-state index in [-0.39, 0.29) is 11.7 Å². The second kappa shape index (κ2) is 4.56. The zero-order chi connectivity index (χ0) is 10.8. The molecule has 1 aliphatic heterocycles. The number of rotatable bonds is 2. The maximum absolute atomic E-state index is 12.1. The Hall–Kier alpha value is -0.510. The molecule has 2 rings (SSSR count). The Kier molecular flexibility index (Phi) is 3.34. The van der Waals surface area contributed by atoms with Crippen molar-refractivity contribution >= 4 is 29.3 Å². The Labute approximate surface area is 98.7 Å². The number of carbonyl (C=O) groups is 1. The Morgan fingerprint density at radius 1 is 1.53 bits per heavy atom. The van der Waals surface area contributed by atoms with Gasteiger partial charge in [0.2, 0.25) is 0 Å². The van der Waals surface area contributed by atoms with E-state index in [1.807, 2.05) is 24.3 Å². The molecule has 15 heavy (non-hydrogen) atoms. The van der Waals surface area contributed by atoms with Crippen LogP contribution in [0.3, 0.4) is 0 Å². The van der Waals surface area contributed by atoms with E-state index in [4.69, 9.17) is 11.8 Å². The molecule has 1 aliphatic rings. The Balaban J connectivity index is 2.22. The number of halogens is 1. The smallest absolute Gasteiger partial charge is 0.169 e. The van der Waals surface area contributed by atoms with E-state index in [9.17, 15) is 4.79 Å². The maximum Gasteiger partial charge on any atom is 0.169 e. The highest BCUT2D eigenvalue weighted by molar-refractivity contribution is 7.99. The first kappa shape index (κ1) is 11.0. The highest BCUT2D eigenvalue weighted by atomic mass is 35.5. The molecule has 2 nitrogen and oxygen atoms in total. The van der Waals surface area contributed by atoms with Gasteiger partial charge in [-0.15, -0.1) is 11.8 Å². The maximum atomic E-state index is 12.1. The summed E-state index contributed by atoms with van der Waals surface area (Å²) in [5, 5.41) is 0. The number of benzene rings is 1. The van der Waals surface area contributed by atoms with Gasteiger partial charge in [0, 0.05) is 35.7 Å². The van der Waals surface area contributed by atoms with Crippen LogP contribution in [0.15, 0.2) is 29.2 Å². The van der Waals surface area contributed by atoms with Gasteiger partial charge in [0.15, 0.2) is 5.78 Å². The fourth-order valence-electron chi connectivity index (χ4n) is 1.72. The van der Waals surface area contributed by atoms with Crippen LogP contribution >= 0.6 is 23.5 Å². The summed E-state index contributed by atoms with van der Waals surface area (Å²) in [7, 11) is 1.78. The largest absolute Gasteiger partial charge is 0.294 e. The van der Waals surface area contributed by atoms with Gasteiger partial charge in [-0.2, -0.15) is 0 Å². The van der Waals surface area contributed by atoms with Gasteiger partial charge in [-0.25, -0.2) is 4.42 Å². The van der Waals surface area contributed by atoms with E-state index in [0.717, 1.165) is 16.2 Å². The predicted octanol–water partition coefficient (Wildman–Crippen LogP) is 2.68. The van der Waals surface area contributed by atoms with Gasteiger partial charge in [-0.05, 0) is 17.8 Å². The summed E-state index contributed by atoms with van der Waals surface area (Å²) < 4.78 is 1.55. The molecular formula is C11H12ClNOS. The minimum absolute atomic E-state index is 0.0207. The highest BCUT2D eigenvalue weighted by Gasteiger charge is 2.28. The standard InChI is InChI=1S/C11H12ClNOS/c1-13(12)6-8-7-15-10-5-3-2-4-9(10)11(8)14/h2-5,8H,6-7H2,1H3. The van der Waals surface area contributed by atoms with E-state index in [1.54, 1.807) is 23.2 Å². The second-order valence-electron chi connectivity index (χ2n) is 3.66. The van der Waals surface area contributed by atoms with Crippen molar-refractivity contribution in [2.45, 2.75) is 4.90 Å². The first-order valence-corrected chi connectivity index (χ1v) is 6.14. The lowest BCUT2D eigenvalue weighted by Gasteiger charge is -2.24. The van der Waals surface area contributed by atoms with Crippen molar-refractivity contribution in [1.82, 2.24) is 4.42 Å². The monoisotopic (exact) mass is 241 g/mol. The molecule has 1 aromatic rings. The van der Waals surface area contributed by atoms with E-state index < -0.39 is 0 Å². The van der Waals surface area contributed by atoms with Crippen LogP contribution in [0, 0.1) is 5.92 Å². The van der Waals surface area contributed by atoms with Crippen LogP contribution in [0.5, 0.6) is 0 Å². The number of Topliss-reactive ketones (excluding diaryl/α,β-unsaturated/α-hetero) is 1. The first-order valence-electron chi connectivity index (χ1n) is 4.81. The summed E-state index contributed by atoms with van der Waals surface area (Å²) in [5.74, 6) is 1.07. The topological polar surface area (TPSA) is 20.3 Å². The molecular weight excluding hydrogens is 230 g/mol. The molecule has 0 aliphatic carbocycles. The molecule has 80 valence electrons. The molecule has 1 aromatic carbocycles. The molecule has 0 amide bonds. The molecule has 1 atom stereocenters. The molecule has 0 radical (unpaired) electrons. The average molecular weight is 242 g/mol. The number of thioether (sulfide) groups is 1. The van der Waals surface area contributed by atoms with Crippen LogP contribution in [-0.2, 0) is 0 Å². The number of fused-ring (bicyclic) bond motifs is 1. The molecule has 1 unspecified atom stereocenters. The zero-order valence-electron chi connectivity index (χ0n) is 8.44. The van der Waals surface area contributed by atoms with E-state index in [1.165, 1.54) is 0 Å². The number of hydrogen-bond donors (Lipinski definition) is 0. The van der Waals surface area contributed by atoms with Crippen molar-refractivity contribution < 1.29 is 4.79 Å². The van der Waals surface area contributed by atoms with Crippen LogP contribution in [0.4, 0.5) is 0 Å². The average Bonchev–Trinajstić information content (AvgIpc) is 2.22. The lowest BCUT2D eigenvalue weighted by atomic mass is 9.98. The molecule has 0 saturated heterocycles. The summed E-state index contributed by atoms with van der Waals surface area (Å²) in [6, 6.07) is 7.76. The fraction of sp³-hybridized carbons (Fsp3) is 0.364. The molecule has 0 spiro atoms. The summed E-state index contributed by atoms with van der Waals surface area (Å²) >= 11 is 7.51. The van der Waals surface area contributed by atoms with Crippen molar-refractivity contribution in [1.29, 1.82) is 0 Å². The molecule has 0 bridgehead atoms. The normalized spacial score (nSPS) is 20.5. The Morgan fingerprint density at radius 3 is 3.00 bits per heavy atom. The fourth-order valence-corrected chi connectivity index (χ4v) is 3.02. The SMILES string of the molecule is CN(Cl)CC1CSc2ccccc2C1=O. The van der Waals surface area contributed by atoms with Gasteiger partial charge in [0.05, 0.1) is 0 Å². The van der Waals surface area contributed by atoms with Crippen LogP contribution in [0.1, 0.15) is 10.4 Å². The molecule has 0 saturated carbocycles. The van der Waals surface area contributed by atoms with Crippen LogP contribution < -0.4 is 0 Å². The number of nitrogens with zero attached hydrogens (tertiary/aromatic N) is 1. The van der Waals surface area contributed by atoms with Gasteiger partial charge in [-0.3, -0.25) is 4.79 Å². The van der Waals surface area contributed by atoms with Crippen LogP contribution in [0.2, 0.25) is 0 Å². The predicted molar refractivity (Wildman–Crippen MR) is 63.5 cm³/mol. The first-order chi connectivity index (χ1) is 7.18. The molecule has 4 heteroatoms. The summed E-state index contributed by atoms with van der Waals surface area (Å²) in [4.78, 5) is 13.1. The Bertz CT molecular complexity index is 381. The number of ketones is 1. The van der Waals surface area contributed by atoms with Crippen molar-refractivity contribution in [3.63, 3.8) is 0 Å². The lowest BCUT2D eigenvalue weighted by molar-refractivity contribution is 0.0917. The van der Waals surface area contributed by atoms with Crippen molar-refractivity contribution in [2.24, 2.45) is 5.92 Å². The third-order valence-corrected chi connectivity index (χ3v) is 3.81. The van der Waals surface area contributed by atoms with Gasteiger partial charge in [-0.1, -0.05) is 18.2 Å². The minimum Gasteiger partial charge on any atom is -0.294 e. The van der Waals surface area contributed by atoms with Crippen molar-refractivity contribution in [3.8, 4) is 0 Å². The van der Waals surface area contributed by atoms with Crippen LogP contribution in [0.25, 0.3) is 0 Å². The molecule has 0 aromatic heterocycles. The van der Waals surface area contributed by atoms with E-state index >= 15 is 0 Å². The quantitative estimate of drug-likeness (QED) is 0.743. The third kappa shape index (κ3) is 2.36. The summed E-state index contributed by atoms with van der Waals surface area (Å²) in [5.41, 5.74) is 0.845. The Morgan fingerprint density at radius 2 is 2.27 bits per heavy atom. The summed E-state index contributed by atoms with van der Waals surface area (Å²) in [6.45, 7) is 0.613. The minimum atomic E-state index is 0.0207. The van der Waals surface area contributed by atoms with Gasteiger partial charge in [0.1, 0.15) is 0 Å². The number of hydrogen-bond acceptors (Lipinski definition) is 3. The molecule has 0 fully saturated rings. The highest BCUT2D eigenvalue weighted by Crippen LogP contribution is 2.32. The third-order valence-electron chi connectivity index (χ3n) is 2.44. The molecule has 0 N–H and O–H groups in total. The van der Waals surface area contributed by atoms with E-state index in [2.05, 4.69) is 0 Å². The van der Waals surface area contributed by atoms with Gasteiger partial charge < -0.3 is 0 Å². The van der Waals surface area contributed by atoms with E-state index in [0.29, 0.717) is 6.54 Å². The second-order valence-corrected chi connectivity index (χ2v) is 5.29. The van der Waals surface area contributed by atoms with Gasteiger partial charge >= 0.3 is 0 Å². The van der Waals surface area contributed by atoms with Crippen molar-refractivity contribution in [2.75, 3.05) is 19.3 Å². The van der Waals surface area contributed by atoms with Crippen molar-refractivity contribution in [3.05, 3.63) is 29.8 Å².